The third-order valence-electron chi connectivity index (χ3n) is 2.24. The molecule has 0 spiro atoms. The van der Waals surface area contributed by atoms with Gasteiger partial charge in [-0.2, -0.15) is 5.10 Å². The molecule has 0 aliphatic heterocycles. The molecule has 0 aromatic carbocycles. The Morgan fingerprint density at radius 3 is 2.76 bits per heavy atom. The molecular weight excluding hydrogens is 228 g/mol. The number of nitrogens with zero attached hydrogens (tertiary/aromatic N) is 3. The van der Waals surface area contributed by atoms with E-state index >= 15 is 0 Å². The minimum absolute atomic E-state index is 0.121. The van der Waals surface area contributed by atoms with Gasteiger partial charge in [0.1, 0.15) is 5.69 Å². The normalized spacial score (nSPS) is 12.2. The Kier molecular flexibility index (Phi) is 3.66. The standard InChI is InChI=1S/C9H14N4O4/c1-5(4-7(14)15)10-9-8(13(16)17)6(2)11-12(9)3/h5,10H,4H2,1-3H3,(H,14,15). The van der Waals surface area contributed by atoms with Crippen molar-refractivity contribution in [2.75, 3.05) is 5.32 Å². The summed E-state index contributed by atoms with van der Waals surface area (Å²) in [6.07, 6.45) is -0.124. The predicted octanol–water partition coefficient (Wildman–Crippen LogP) is 0.912. The van der Waals surface area contributed by atoms with Crippen LogP contribution in [0.4, 0.5) is 11.5 Å². The second-order valence-corrected chi connectivity index (χ2v) is 3.81. The second-order valence-electron chi connectivity index (χ2n) is 3.81. The van der Waals surface area contributed by atoms with E-state index in [0.29, 0.717) is 5.69 Å². The van der Waals surface area contributed by atoms with Crippen molar-refractivity contribution in [1.29, 1.82) is 0 Å². The van der Waals surface area contributed by atoms with Gasteiger partial charge in [0.05, 0.1) is 11.3 Å². The highest BCUT2D eigenvalue weighted by Gasteiger charge is 2.25. The summed E-state index contributed by atoms with van der Waals surface area (Å²) in [6.45, 7) is 3.17. The average Bonchev–Trinajstić information content (AvgIpc) is 2.39. The van der Waals surface area contributed by atoms with Crippen LogP contribution < -0.4 is 5.32 Å². The van der Waals surface area contributed by atoms with Gasteiger partial charge in [0.25, 0.3) is 0 Å². The van der Waals surface area contributed by atoms with E-state index in [-0.39, 0.29) is 17.9 Å². The Hall–Kier alpha value is -2.12. The van der Waals surface area contributed by atoms with E-state index in [1.807, 2.05) is 0 Å². The van der Waals surface area contributed by atoms with Crippen LogP contribution in [0.2, 0.25) is 0 Å². The van der Waals surface area contributed by atoms with Crippen LogP contribution in [0.25, 0.3) is 0 Å². The maximum absolute atomic E-state index is 10.9. The van der Waals surface area contributed by atoms with Crippen molar-refractivity contribution in [2.24, 2.45) is 7.05 Å². The maximum atomic E-state index is 10.9. The summed E-state index contributed by atoms with van der Waals surface area (Å²) in [4.78, 5) is 20.8. The van der Waals surface area contributed by atoms with E-state index in [1.54, 1.807) is 14.0 Å². The topological polar surface area (TPSA) is 110 Å². The predicted molar refractivity (Wildman–Crippen MR) is 59.9 cm³/mol. The van der Waals surface area contributed by atoms with E-state index < -0.39 is 16.9 Å². The first kappa shape index (κ1) is 12.9. The number of hydrogen-bond acceptors (Lipinski definition) is 5. The van der Waals surface area contributed by atoms with Gasteiger partial charge in [0, 0.05) is 13.1 Å². The van der Waals surface area contributed by atoms with Crippen molar-refractivity contribution in [3.63, 3.8) is 0 Å². The van der Waals surface area contributed by atoms with Gasteiger partial charge in [-0.05, 0) is 13.8 Å². The minimum Gasteiger partial charge on any atom is -0.481 e. The first-order valence-electron chi connectivity index (χ1n) is 4.99. The number of aromatic nitrogens is 2. The van der Waals surface area contributed by atoms with Gasteiger partial charge in [-0.15, -0.1) is 0 Å². The second kappa shape index (κ2) is 4.81. The largest absolute Gasteiger partial charge is 0.481 e. The zero-order valence-corrected chi connectivity index (χ0v) is 9.80. The number of hydrogen-bond donors (Lipinski definition) is 2. The maximum Gasteiger partial charge on any atom is 0.333 e. The molecule has 0 aliphatic rings. The van der Waals surface area contributed by atoms with Crippen LogP contribution in [0.5, 0.6) is 0 Å². The molecule has 0 fully saturated rings. The molecule has 8 nitrogen and oxygen atoms in total. The van der Waals surface area contributed by atoms with Gasteiger partial charge in [-0.3, -0.25) is 14.9 Å². The Balaban J connectivity index is 2.97. The molecule has 0 saturated heterocycles. The number of aryl methyl sites for hydroxylation is 2. The van der Waals surface area contributed by atoms with Crippen LogP contribution in [-0.2, 0) is 11.8 Å². The van der Waals surface area contributed by atoms with Crippen LogP contribution in [-0.4, -0.2) is 31.8 Å². The monoisotopic (exact) mass is 242 g/mol. The van der Waals surface area contributed by atoms with Crippen molar-refractivity contribution in [3.05, 3.63) is 15.8 Å². The highest BCUT2D eigenvalue weighted by atomic mass is 16.6. The van der Waals surface area contributed by atoms with Crippen LogP contribution in [0.15, 0.2) is 0 Å². The van der Waals surface area contributed by atoms with Crippen molar-refractivity contribution in [1.82, 2.24) is 9.78 Å². The molecule has 2 N–H and O–H groups in total. The quantitative estimate of drug-likeness (QED) is 0.586. The summed E-state index contributed by atoms with van der Waals surface area (Å²) < 4.78 is 1.34. The molecule has 0 saturated carbocycles. The van der Waals surface area contributed by atoms with Gasteiger partial charge in [0.15, 0.2) is 0 Å². The molecule has 8 heteroatoms. The van der Waals surface area contributed by atoms with Crippen molar-refractivity contribution >= 4 is 17.5 Å². The zero-order valence-electron chi connectivity index (χ0n) is 9.80. The molecule has 1 rings (SSSR count). The van der Waals surface area contributed by atoms with Crippen molar-refractivity contribution in [3.8, 4) is 0 Å². The SMILES string of the molecule is Cc1nn(C)c(NC(C)CC(=O)O)c1[N+](=O)[O-]. The van der Waals surface area contributed by atoms with E-state index in [4.69, 9.17) is 5.11 Å². The van der Waals surface area contributed by atoms with Crippen LogP contribution >= 0.6 is 0 Å². The minimum atomic E-state index is -0.966. The van der Waals surface area contributed by atoms with Gasteiger partial charge >= 0.3 is 11.7 Å². The lowest BCUT2D eigenvalue weighted by Crippen LogP contribution is -2.21. The number of aliphatic carboxylic acids is 1. The van der Waals surface area contributed by atoms with E-state index in [2.05, 4.69) is 10.4 Å². The summed E-state index contributed by atoms with van der Waals surface area (Å²) in [7, 11) is 1.57. The van der Waals surface area contributed by atoms with Gasteiger partial charge in [-0.25, -0.2) is 4.68 Å². The Morgan fingerprint density at radius 2 is 2.29 bits per heavy atom. The van der Waals surface area contributed by atoms with E-state index in [0.717, 1.165) is 0 Å². The summed E-state index contributed by atoms with van der Waals surface area (Å²) >= 11 is 0. The van der Waals surface area contributed by atoms with Crippen molar-refractivity contribution < 1.29 is 14.8 Å². The van der Waals surface area contributed by atoms with Crippen LogP contribution in [0.1, 0.15) is 19.0 Å². The fourth-order valence-electron chi connectivity index (χ4n) is 1.57. The molecule has 17 heavy (non-hydrogen) atoms. The first-order chi connectivity index (χ1) is 7.82. The molecule has 0 amide bonds. The highest BCUT2D eigenvalue weighted by Crippen LogP contribution is 2.27. The fourth-order valence-corrected chi connectivity index (χ4v) is 1.57. The number of nitro groups is 1. The molecule has 1 heterocycles. The smallest absolute Gasteiger partial charge is 0.333 e. The van der Waals surface area contributed by atoms with Crippen LogP contribution in [0.3, 0.4) is 0 Å². The van der Waals surface area contributed by atoms with Gasteiger partial charge in [0.2, 0.25) is 5.82 Å². The number of carbonyl (C=O) groups is 1. The van der Waals surface area contributed by atoms with E-state index in [9.17, 15) is 14.9 Å². The van der Waals surface area contributed by atoms with Crippen LogP contribution in [0, 0.1) is 17.0 Å². The third kappa shape index (κ3) is 2.92. The first-order valence-corrected chi connectivity index (χ1v) is 4.99. The Bertz CT molecular complexity index is 454. The Morgan fingerprint density at radius 1 is 1.71 bits per heavy atom. The summed E-state index contributed by atoms with van der Waals surface area (Å²) in [5.41, 5.74) is 0.173. The lowest BCUT2D eigenvalue weighted by molar-refractivity contribution is -0.384. The molecule has 0 bridgehead atoms. The molecule has 0 radical (unpaired) electrons. The molecule has 1 unspecified atom stereocenters. The summed E-state index contributed by atoms with van der Waals surface area (Å²) in [6, 6.07) is -0.416. The van der Waals surface area contributed by atoms with E-state index in [1.165, 1.54) is 11.6 Å². The lowest BCUT2D eigenvalue weighted by atomic mass is 10.2. The molecule has 1 aromatic rings. The third-order valence-corrected chi connectivity index (χ3v) is 2.24. The molecule has 1 atom stereocenters. The van der Waals surface area contributed by atoms with Gasteiger partial charge < -0.3 is 10.4 Å². The summed E-state index contributed by atoms with van der Waals surface area (Å²) in [5.74, 6) is -0.743. The Labute approximate surface area is 97.4 Å². The number of nitrogens with one attached hydrogen (secondary N) is 1. The summed E-state index contributed by atoms with van der Waals surface area (Å²) in [5, 5.41) is 26.2. The molecule has 0 aliphatic carbocycles. The zero-order chi connectivity index (χ0) is 13.2. The number of carboxylic acid groups (broad SMARTS) is 1. The van der Waals surface area contributed by atoms with Gasteiger partial charge in [-0.1, -0.05) is 0 Å². The molecule has 1 aromatic heterocycles. The number of rotatable bonds is 5. The molecular formula is C9H14N4O4. The fraction of sp³-hybridized carbons (Fsp3) is 0.556. The number of anilines is 1. The molecule has 94 valence electrons. The number of carboxylic acids is 1. The average molecular weight is 242 g/mol. The highest BCUT2D eigenvalue weighted by molar-refractivity contribution is 5.69. The van der Waals surface area contributed by atoms with Crippen molar-refractivity contribution in [2.45, 2.75) is 26.3 Å². The lowest BCUT2D eigenvalue weighted by Gasteiger charge is -2.12.